The van der Waals surface area contributed by atoms with Crippen molar-refractivity contribution in [2.45, 2.75) is 19.8 Å². The molecule has 1 aromatic heterocycles. The minimum Gasteiger partial charge on any atom is -0.490 e. The molecule has 1 fully saturated rings. The summed E-state index contributed by atoms with van der Waals surface area (Å²) in [5.41, 5.74) is 0. The molecule has 1 atom stereocenters. The predicted octanol–water partition coefficient (Wildman–Crippen LogP) is 2.94. The van der Waals surface area contributed by atoms with E-state index >= 15 is 0 Å². The molecule has 0 aliphatic carbocycles. The zero-order chi connectivity index (χ0) is 12.1. The number of anilines is 1. The minimum absolute atomic E-state index is 0.571. The number of halogens is 1. The Kier molecular flexibility index (Phi) is 4.49. The van der Waals surface area contributed by atoms with Gasteiger partial charge in [-0.05, 0) is 37.8 Å². The van der Waals surface area contributed by atoms with Crippen LogP contribution in [0.3, 0.4) is 0 Å². The Bertz CT molecular complexity index is 359. The standard InChI is InChI=1S/C13H19ClN2O/c1-2-17-12-6-3-7-15-13(12)16-8-4-5-11(9-14)10-16/h3,6-7,11H,2,4-5,8-10H2,1H3. The van der Waals surface area contributed by atoms with Gasteiger partial charge in [0.2, 0.25) is 0 Å². The monoisotopic (exact) mass is 254 g/mol. The van der Waals surface area contributed by atoms with E-state index in [9.17, 15) is 0 Å². The lowest BCUT2D eigenvalue weighted by atomic mass is 10.00. The summed E-state index contributed by atoms with van der Waals surface area (Å²) in [5, 5.41) is 0. The summed E-state index contributed by atoms with van der Waals surface area (Å²) in [4.78, 5) is 6.74. The summed E-state index contributed by atoms with van der Waals surface area (Å²) in [7, 11) is 0. The SMILES string of the molecule is CCOc1cccnc1N1CCCC(CCl)C1. The molecule has 1 aliphatic rings. The first kappa shape index (κ1) is 12.5. The second-order valence-corrected chi connectivity index (χ2v) is 4.68. The molecule has 17 heavy (non-hydrogen) atoms. The van der Waals surface area contributed by atoms with Crippen molar-refractivity contribution in [3.8, 4) is 5.75 Å². The van der Waals surface area contributed by atoms with Crippen LogP contribution in [0.5, 0.6) is 5.75 Å². The number of rotatable bonds is 4. The van der Waals surface area contributed by atoms with Gasteiger partial charge < -0.3 is 9.64 Å². The normalized spacial score (nSPS) is 20.4. The lowest BCUT2D eigenvalue weighted by molar-refractivity contribution is 0.336. The summed E-state index contributed by atoms with van der Waals surface area (Å²) in [6.07, 6.45) is 4.22. The zero-order valence-electron chi connectivity index (χ0n) is 10.2. The summed E-state index contributed by atoms with van der Waals surface area (Å²) >= 11 is 5.96. The van der Waals surface area contributed by atoms with E-state index in [2.05, 4.69) is 9.88 Å². The van der Waals surface area contributed by atoms with Gasteiger partial charge in [0.1, 0.15) is 0 Å². The predicted molar refractivity (Wildman–Crippen MR) is 71.1 cm³/mol. The summed E-state index contributed by atoms with van der Waals surface area (Å²) in [6, 6.07) is 3.90. The molecule has 1 aliphatic heterocycles. The van der Waals surface area contributed by atoms with Gasteiger partial charge in [-0.1, -0.05) is 0 Å². The van der Waals surface area contributed by atoms with Gasteiger partial charge in [0.25, 0.3) is 0 Å². The first-order valence-electron chi connectivity index (χ1n) is 6.24. The smallest absolute Gasteiger partial charge is 0.171 e. The van der Waals surface area contributed by atoms with Crippen LogP contribution in [-0.2, 0) is 0 Å². The Balaban J connectivity index is 2.15. The fraction of sp³-hybridized carbons (Fsp3) is 0.615. The molecule has 0 spiro atoms. The van der Waals surface area contributed by atoms with Gasteiger partial charge in [-0.25, -0.2) is 4.98 Å². The molecule has 94 valence electrons. The van der Waals surface area contributed by atoms with Crippen molar-refractivity contribution in [2.24, 2.45) is 5.92 Å². The Morgan fingerprint density at radius 3 is 3.24 bits per heavy atom. The molecule has 2 heterocycles. The van der Waals surface area contributed by atoms with E-state index in [4.69, 9.17) is 16.3 Å². The van der Waals surface area contributed by atoms with Crippen LogP contribution in [0.4, 0.5) is 5.82 Å². The molecule has 1 saturated heterocycles. The molecule has 3 nitrogen and oxygen atoms in total. The van der Waals surface area contributed by atoms with Crippen LogP contribution in [0.1, 0.15) is 19.8 Å². The third-order valence-corrected chi connectivity index (χ3v) is 3.52. The van der Waals surface area contributed by atoms with Gasteiger partial charge in [-0.3, -0.25) is 0 Å². The largest absolute Gasteiger partial charge is 0.490 e. The topological polar surface area (TPSA) is 25.4 Å². The molecule has 1 unspecified atom stereocenters. The van der Waals surface area contributed by atoms with E-state index in [1.54, 1.807) is 0 Å². The highest BCUT2D eigenvalue weighted by Crippen LogP contribution is 2.29. The maximum absolute atomic E-state index is 5.96. The Labute approximate surface area is 108 Å². The summed E-state index contributed by atoms with van der Waals surface area (Å²) in [5.74, 6) is 3.14. The third kappa shape index (κ3) is 3.03. The van der Waals surface area contributed by atoms with E-state index in [-0.39, 0.29) is 0 Å². The molecule has 1 aromatic rings. The molecule has 0 bridgehead atoms. The number of nitrogens with zero attached hydrogens (tertiary/aromatic N) is 2. The number of ether oxygens (including phenoxy) is 1. The van der Waals surface area contributed by atoms with Crippen LogP contribution in [0, 0.1) is 5.92 Å². The highest BCUT2D eigenvalue weighted by Gasteiger charge is 2.22. The van der Waals surface area contributed by atoms with Gasteiger partial charge in [0.15, 0.2) is 11.6 Å². The van der Waals surface area contributed by atoms with Crippen LogP contribution < -0.4 is 9.64 Å². The quantitative estimate of drug-likeness (QED) is 0.773. The van der Waals surface area contributed by atoms with Gasteiger partial charge >= 0.3 is 0 Å². The van der Waals surface area contributed by atoms with Gasteiger partial charge in [-0.15, -0.1) is 11.6 Å². The van der Waals surface area contributed by atoms with Crippen molar-refractivity contribution in [2.75, 3.05) is 30.5 Å². The summed E-state index contributed by atoms with van der Waals surface area (Å²) in [6.45, 7) is 4.70. The van der Waals surface area contributed by atoms with Crippen molar-refractivity contribution in [3.05, 3.63) is 18.3 Å². The van der Waals surface area contributed by atoms with Crippen LogP contribution in [-0.4, -0.2) is 30.6 Å². The Hall–Kier alpha value is -0.960. The van der Waals surface area contributed by atoms with Gasteiger partial charge in [-0.2, -0.15) is 0 Å². The Morgan fingerprint density at radius 2 is 2.47 bits per heavy atom. The highest BCUT2D eigenvalue weighted by atomic mass is 35.5. The number of piperidine rings is 1. The molecule has 0 amide bonds. The van der Waals surface area contributed by atoms with Crippen LogP contribution in [0.25, 0.3) is 0 Å². The van der Waals surface area contributed by atoms with E-state index in [0.29, 0.717) is 12.5 Å². The molecule has 2 rings (SSSR count). The maximum Gasteiger partial charge on any atom is 0.171 e. The highest BCUT2D eigenvalue weighted by molar-refractivity contribution is 6.18. The van der Waals surface area contributed by atoms with Crippen molar-refractivity contribution in [1.29, 1.82) is 0 Å². The minimum atomic E-state index is 0.571. The second kappa shape index (κ2) is 6.10. The van der Waals surface area contributed by atoms with E-state index < -0.39 is 0 Å². The maximum atomic E-state index is 5.96. The molecule has 0 radical (unpaired) electrons. The number of hydrogen-bond donors (Lipinski definition) is 0. The van der Waals surface area contributed by atoms with Crippen molar-refractivity contribution >= 4 is 17.4 Å². The number of alkyl halides is 1. The summed E-state index contributed by atoms with van der Waals surface area (Å²) < 4.78 is 5.62. The average Bonchev–Trinajstić information content (AvgIpc) is 2.40. The lowest BCUT2D eigenvalue weighted by Crippen LogP contribution is -2.36. The van der Waals surface area contributed by atoms with Gasteiger partial charge in [0.05, 0.1) is 6.61 Å². The lowest BCUT2D eigenvalue weighted by Gasteiger charge is -2.33. The average molecular weight is 255 g/mol. The third-order valence-electron chi connectivity index (χ3n) is 3.09. The fourth-order valence-electron chi connectivity index (χ4n) is 2.27. The first-order valence-corrected chi connectivity index (χ1v) is 6.77. The first-order chi connectivity index (χ1) is 8.35. The molecule has 0 saturated carbocycles. The Morgan fingerprint density at radius 1 is 1.59 bits per heavy atom. The van der Waals surface area contributed by atoms with E-state index in [1.165, 1.54) is 12.8 Å². The van der Waals surface area contributed by atoms with E-state index in [0.717, 1.165) is 30.5 Å². The van der Waals surface area contributed by atoms with Crippen LogP contribution >= 0.6 is 11.6 Å². The number of hydrogen-bond acceptors (Lipinski definition) is 3. The number of pyridine rings is 1. The number of aromatic nitrogens is 1. The fourth-order valence-corrected chi connectivity index (χ4v) is 2.52. The molecule has 4 heteroatoms. The molecule has 0 N–H and O–H groups in total. The van der Waals surface area contributed by atoms with Gasteiger partial charge in [0, 0.05) is 25.2 Å². The van der Waals surface area contributed by atoms with Crippen molar-refractivity contribution < 1.29 is 4.74 Å². The van der Waals surface area contributed by atoms with Crippen LogP contribution in [0.2, 0.25) is 0 Å². The zero-order valence-corrected chi connectivity index (χ0v) is 11.0. The van der Waals surface area contributed by atoms with E-state index in [1.807, 2.05) is 25.3 Å². The van der Waals surface area contributed by atoms with Crippen molar-refractivity contribution in [1.82, 2.24) is 4.98 Å². The van der Waals surface area contributed by atoms with Crippen LogP contribution in [0.15, 0.2) is 18.3 Å². The molecular weight excluding hydrogens is 236 g/mol. The van der Waals surface area contributed by atoms with Crippen molar-refractivity contribution in [3.63, 3.8) is 0 Å². The molecule has 0 aromatic carbocycles. The molecular formula is C13H19ClN2O. The second-order valence-electron chi connectivity index (χ2n) is 4.37.